The second kappa shape index (κ2) is 6.04. The van der Waals surface area contributed by atoms with Crippen molar-refractivity contribution in [1.82, 2.24) is 0 Å². The highest BCUT2D eigenvalue weighted by Crippen LogP contribution is 2.76. The average molecular weight is 385 g/mol. The minimum absolute atomic E-state index is 0.0633. The van der Waals surface area contributed by atoms with Crippen molar-refractivity contribution in [2.75, 3.05) is 0 Å². The van der Waals surface area contributed by atoms with E-state index < -0.39 is 0 Å². The van der Waals surface area contributed by atoms with Crippen LogP contribution in [-0.2, 0) is 0 Å². The zero-order valence-electron chi connectivity index (χ0n) is 19.0. The van der Waals surface area contributed by atoms with Gasteiger partial charge in [-0.3, -0.25) is 0 Å². The third kappa shape index (κ3) is 2.15. The van der Waals surface area contributed by atoms with E-state index in [-0.39, 0.29) is 5.41 Å². The van der Waals surface area contributed by atoms with Gasteiger partial charge in [0, 0.05) is 5.41 Å². The van der Waals surface area contributed by atoms with E-state index in [0.717, 1.165) is 23.7 Å². The number of aliphatic hydroxyl groups is 1. The number of hydrogen-bond donors (Lipinski definition) is 1. The Morgan fingerprint density at radius 3 is 2.25 bits per heavy atom. The minimum atomic E-state index is 0.0633. The lowest BCUT2D eigenvalue weighted by molar-refractivity contribution is -0.224. The molecule has 0 saturated heterocycles. The van der Waals surface area contributed by atoms with Crippen LogP contribution in [0.3, 0.4) is 0 Å². The van der Waals surface area contributed by atoms with Gasteiger partial charge in [0.05, 0.1) is 5.76 Å². The van der Waals surface area contributed by atoms with E-state index in [4.69, 9.17) is 0 Å². The maximum Gasteiger partial charge on any atom is 0.0915 e. The van der Waals surface area contributed by atoms with E-state index in [1.165, 1.54) is 77.0 Å². The monoisotopic (exact) mass is 384 g/mol. The molecule has 5 saturated carbocycles. The van der Waals surface area contributed by atoms with Crippen LogP contribution in [-0.4, -0.2) is 5.11 Å². The van der Waals surface area contributed by atoms with E-state index in [9.17, 15) is 5.11 Å². The van der Waals surface area contributed by atoms with Gasteiger partial charge in [-0.15, -0.1) is 0 Å². The number of allylic oxidation sites excluding steroid dienone is 1. The molecule has 5 fully saturated rings. The maximum absolute atomic E-state index is 10.6. The second-order valence-corrected chi connectivity index (χ2v) is 12.7. The molecule has 0 heterocycles. The van der Waals surface area contributed by atoms with E-state index in [2.05, 4.69) is 34.3 Å². The highest BCUT2D eigenvalue weighted by atomic mass is 16.3. The summed E-state index contributed by atoms with van der Waals surface area (Å²) in [4.78, 5) is 0. The summed E-state index contributed by atoms with van der Waals surface area (Å²) in [6.45, 7) is 14.8. The van der Waals surface area contributed by atoms with E-state index in [1.54, 1.807) is 0 Å². The first kappa shape index (κ1) is 19.5. The van der Waals surface area contributed by atoms with Crippen molar-refractivity contribution in [2.45, 2.75) is 105 Å². The molecular weight excluding hydrogens is 340 g/mol. The van der Waals surface area contributed by atoms with Crippen molar-refractivity contribution in [3.8, 4) is 0 Å². The molecule has 0 aromatic rings. The molecule has 9 atom stereocenters. The van der Waals surface area contributed by atoms with Crippen LogP contribution >= 0.6 is 0 Å². The average Bonchev–Trinajstić information content (AvgIpc) is 3.07. The molecule has 0 aromatic carbocycles. The van der Waals surface area contributed by atoms with Crippen molar-refractivity contribution in [2.24, 2.45) is 51.2 Å². The standard InChI is InChI=1S/C27H44O/c1-18-8-6-13-24(3)20(18)12-15-26(5)23(24)11-10-21-22-9-7-14-27(22,19(2)28)17-16-25(21,26)4/h18,20-23,28H,2,6-17H2,1,3-5H3/t18?,20?,21?,22?,23?,24?,25-,26?,27?/m1/s1. The molecule has 0 radical (unpaired) electrons. The summed E-state index contributed by atoms with van der Waals surface area (Å²) in [6.07, 6.45) is 16.5. The van der Waals surface area contributed by atoms with E-state index >= 15 is 0 Å². The van der Waals surface area contributed by atoms with Gasteiger partial charge < -0.3 is 5.11 Å². The van der Waals surface area contributed by atoms with Gasteiger partial charge in [-0.2, -0.15) is 0 Å². The largest absolute Gasteiger partial charge is 0.512 e. The fraction of sp³-hybridized carbons (Fsp3) is 0.926. The van der Waals surface area contributed by atoms with E-state index in [0.29, 0.717) is 27.9 Å². The summed E-state index contributed by atoms with van der Waals surface area (Å²) < 4.78 is 0. The van der Waals surface area contributed by atoms with Gasteiger partial charge in [-0.1, -0.05) is 53.5 Å². The van der Waals surface area contributed by atoms with Crippen LogP contribution in [0, 0.1) is 51.2 Å². The highest BCUT2D eigenvalue weighted by Gasteiger charge is 2.68. The Hall–Kier alpha value is -0.460. The predicted molar refractivity (Wildman–Crippen MR) is 117 cm³/mol. The zero-order valence-corrected chi connectivity index (χ0v) is 19.0. The third-order valence-electron chi connectivity index (χ3n) is 12.3. The quantitative estimate of drug-likeness (QED) is 0.455. The Balaban J connectivity index is 1.53. The molecule has 5 aliphatic carbocycles. The molecule has 1 nitrogen and oxygen atoms in total. The molecule has 8 unspecified atom stereocenters. The van der Waals surface area contributed by atoms with Crippen molar-refractivity contribution in [3.05, 3.63) is 12.3 Å². The van der Waals surface area contributed by atoms with Gasteiger partial charge in [-0.25, -0.2) is 0 Å². The molecule has 0 spiro atoms. The van der Waals surface area contributed by atoms with Gasteiger partial charge in [-0.05, 0) is 104 Å². The second-order valence-electron chi connectivity index (χ2n) is 12.7. The Morgan fingerprint density at radius 2 is 1.50 bits per heavy atom. The Morgan fingerprint density at radius 1 is 0.750 bits per heavy atom. The summed E-state index contributed by atoms with van der Waals surface area (Å²) in [5.74, 6) is 4.83. The highest BCUT2D eigenvalue weighted by molar-refractivity contribution is 5.21. The fourth-order valence-electron chi connectivity index (χ4n) is 10.8. The SMILES string of the molecule is C=C(O)C12CCCC1C1CCC3C4(C)CCCC(C)C4CCC3(C)[C@]1(C)CC2. The number of aliphatic hydroxyl groups excluding tert-OH is 1. The van der Waals surface area contributed by atoms with Crippen molar-refractivity contribution in [3.63, 3.8) is 0 Å². The summed E-state index contributed by atoms with van der Waals surface area (Å²) in [6, 6.07) is 0. The third-order valence-corrected chi connectivity index (χ3v) is 12.3. The van der Waals surface area contributed by atoms with Crippen LogP contribution in [0.4, 0.5) is 0 Å². The van der Waals surface area contributed by atoms with Crippen molar-refractivity contribution < 1.29 is 5.11 Å². The lowest BCUT2D eigenvalue weighted by atomic mass is 9.33. The Labute approximate surface area is 173 Å². The van der Waals surface area contributed by atoms with Crippen LogP contribution in [0.5, 0.6) is 0 Å². The Kier molecular flexibility index (Phi) is 4.21. The molecule has 0 bridgehead atoms. The predicted octanol–water partition coefficient (Wildman–Crippen LogP) is 7.91. The lowest BCUT2D eigenvalue weighted by Gasteiger charge is -2.71. The number of fused-ring (bicyclic) bond motifs is 7. The molecule has 1 N–H and O–H groups in total. The topological polar surface area (TPSA) is 20.2 Å². The first-order chi connectivity index (χ1) is 13.2. The molecule has 0 aromatic heterocycles. The molecular formula is C27H44O. The first-order valence-corrected chi connectivity index (χ1v) is 12.6. The minimum Gasteiger partial charge on any atom is -0.512 e. The van der Waals surface area contributed by atoms with Gasteiger partial charge in [0.2, 0.25) is 0 Å². The van der Waals surface area contributed by atoms with Gasteiger partial charge >= 0.3 is 0 Å². The fourth-order valence-corrected chi connectivity index (χ4v) is 10.8. The Bertz CT molecular complexity index is 667. The van der Waals surface area contributed by atoms with Crippen LogP contribution < -0.4 is 0 Å². The van der Waals surface area contributed by atoms with Crippen LogP contribution in [0.15, 0.2) is 12.3 Å². The maximum atomic E-state index is 10.6. The lowest BCUT2D eigenvalue weighted by Crippen LogP contribution is -2.64. The normalized spacial score (nSPS) is 58.2. The molecule has 5 aliphatic rings. The van der Waals surface area contributed by atoms with Gasteiger partial charge in [0.25, 0.3) is 0 Å². The molecule has 0 aliphatic heterocycles. The van der Waals surface area contributed by atoms with Crippen molar-refractivity contribution in [1.29, 1.82) is 0 Å². The zero-order chi connectivity index (χ0) is 19.9. The molecule has 5 rings (SSSR count). The summed E-state index contributed by atoms with van der Waals surface area (Å²) >= 11 is 0. The number of rotatable bonds is 1. The van der Waals surface area contributed by atoms with Crippen LogP contribution in [0.2, 0.25) is 0 Å². The summed E-state index contributed by atoms with van der Waals surface area (Å²) in [7, 11) is 0. The number of hydrogen-bond acceptors (Lipinski definition) is 1. The molecule has 1 heteroatoms. The van der Waals surface area contributed by atoms with Gasteiger partial charge in [0.15, 0.2) is 0 Å². The van der Waals surface area contributed by atoms with Crippen LogP contribution in [0.1, 0.15) is 105 Å². The van der Waals surface area contributed by atoms with Crippen LogP contribution in [0.25, 0.3) is 0 Å². The first-order valence-electron chi connectivity index (χ1n) is 12.6. The van der Waals surface area contributed by atoms with Crippen molar-refractivity contribution >= 4 is 0 Å². The summed E-state index contributed by atoms with van der Waals surface area (Å²) in [5, 5.41) is 10.6. The molecule has 0 amide bonds. The molecule has 158 valence electrons. The van der Waals surface area contributed by atoms with Gasteiger partial charge in [0.1, 0.15) is 0 Å². The summed E-state index contributed by atoms with van der Waals surface area (Å²) in [5.41, 5.74) is 1.58. The molecule has 28 heavy (non-hydrogen) atoms. The van der Waals surface area contributed by atoms with E-state index in [1.807, 2.05) is 0 Å². The smallest absolute Gasteiger partial charge is 0.0915 e.